The van der Waals surface area contributed by atoms with Crippen LogP contribution in [-0.4, -0.2) is 11.6 Å². The largest absolute Gasteiger partial charge is 0.460 e. The Bertz CT molecular complexity index is 450. The molecule has 1 saturated carbocycles. The lowest BCUT2D eigenvalue weighted by atomic mass is 9.66. The number of hydrogen-bond acceptors (Lipinski definition) is 2. The predicted octanol–water partition coefficient (Wildman–Crippen LogP) is 4.02. The summed E-state index contributed by atoms with van der Waals surface area (Å²) in [5, 5.41) is 0. The highest BCUT2D eigenvalue weighted by Gasteiger charge is 2.40. The van der Waals surface area contributed by atoms with Gasteiger partial charge in [0, 0.05) is 0 Å². The van der Waals surface area contributed by atoms with E-state index < -0.39 is 0 Å². The molecular formula is C17H24O2. The van der Waals surface area contributed by atoms with Gasteiger partial charge >= 0.3 is 5.97 Å². The fraction of sp³-hybridized carbons (Fsp3) is 0.706. The quantitative estimate of drug-likeness (QED) is 0.666. The SMILES string of the molecule is CC(C)(C)OC(=O)C1CC2CC3=C(C=CC3)C(C2)C1. The summed E-state index contributed by atoms with van der Waals surface area (Å²) in [6, 6.07) is 0. The average molecular weight is 260 g/mol. The van der Waals surface area contributed by atoms with Crippen LogP contribution in [0, 0.1) is 17.8 Å². The third kappa shape index (κ3) is 2.63. The average Bonchev–Trinajstić information content (AvgIpc) is 2.74. The highest BCUT2D eigenvalue weighted by atomic mass is 16.6. The molecule has 0 heterocycles. The molecule has 2 heteroatoms. The molecule has 1 fully saturated rings. The van der Waals surface area contributed by atoms with E-state index in [9.17, 15) is 4.79 Å². The lowest BCUT2D eigenvalue weighted by Gasteiger charge is -2.39. The molecule has 0 radical (unpaired) electrons. The van der Waals surface area contributed by atoms with Crippen LogP contribution in [-0.2, 0) is 9.53 Å². The van der Waals surface area contributed by atoms with Gasteiger partial charge in [-0.3, -0.25) is 4.79 Å². The third-order valence-corrected chi connectivity index (χ3v) is 4.59. The van der Waals surface area contributed by atoms with Gasteiger partial charge in [-0.25, -0.2) is 0 Å². The standard InChI is InChI=1S/C17H24O2/c1-17(2,3)19-16(18)14-9-11-7-12-5-4-6-15(12)13(8-11)10-14/h4,6,11,13-14H,5,7-10H2,1-3H3. The van der Waals surface area contributed by atoms with Gasteiger partial charge in [0.2, 0.25) is 0 Å². The van der Waals surface area contributed by atoms with Crippen LogP contribution in [0.2, 0.25) is 0 Å². The van der Waals surface area contributed by atoms with Crippen LogP contribution in [0.15, 0.2) is 23.3 Å². The van der Waals surface area contributed by atoms with Crippen LogP contribution in [0.4, 0.5) is 0 Å². The maximum Gasteiger partial charge on any atom is 0.309 e. The van der Waals surface area contributed by atoms with Crippen molar-refractivity contribution in [3.63, 3.8) is 0 Å². The molecule has 3 aliphatic carbocycles. The molecule has 0 spiro atoms. The number of fused-ring (bicyclic) bond motifs is 3. The van der Waals surface area contributed by atoms with E-state index in [-0.39, 0.29) is 17.5 Å². The topological polar surface area (TPSA) is 26.3 Å². The smallest absolute Gasteiger partial charge is 0.309 e. The molecule has 0 aromatic carbocycles. The van der Waals surface area contributed by atoms with Gasteiger partial charge in [0.15, 0.2) is 0 Å². The first-order valence-electron chi connectivity index (χ1n) is 7.53. The van der Waals surface area contributed by atoms with Crippen LogP contribution in [0.3, 0.4) is 0 Å². The van der Waals surface area contributed by atoms with E-state index >= 15 is 0 Å². The summed E-state index contributed by atoms with van der Waals surface area (Å²) in [4.78, 5) is 12.3. The second-order valence-electron chi connectivity index (χ2n) is 7.37. The van der Waals surface area contributed by atoms with E-state index in [0.29, 0.717) is 11.8 Å². The fourth-order valence-corrected chi connectivity index (χ4v) is 3.97. The van der Waals surface area contributed by atoms with Gasteiger partial charge in [-0.2, -0.15) is 0 Å². The molecule has 104 valence electrons. The summed E-state index contributed by atoms with van der Waals surface area (Å²) >= 11 is 0. The van der Waals surface area contributed by atoms with Crippen LogP contribution >= 0.6 is 0 Å². The third-order valence-electron chi connectivity index (χ3n) is 4.59. The van der Waals surface area contributed by atoms with Crippen LogP contribution in [0.5, 0.6) is 0 Å². The zero-order chi connectivity index (χ0) is 13.6. The number of allylic oxidation sites excluding steroid dienone is 4. The molecule has 0 amide bonds. The molecule has 2 bridgehead atoms. The van der Waals surface area contributed by atoms with Crippen molar-refractivity contribution in [2.75, 3.05) is 0 Å². The zero-order valence-electron chi connectivity index (χ0n) is 12.2. The Morgan fingerprint density at radius 1 is 1.26 bits per heavy atom. The Morgan fingerprint density at radius 3 is 2.79 bits per heavy atom. The summed E-state index contributed by atoms with van der Waals surface area (Å²) in [5.41, 5.74) is 2.83. The van der Waals surface area contributed by atoms with Crippen LogP contribution < -0.4 is 0 Å². The van der Waals surface area contributed by atoms with Crippen molar-refractivity contribution in [3.05, 3.63) is 23.3 Å². The van der Waals surface area contributed by atoms with Gasteiger partial charge in [0.25, 0.3) is 0 Å². The first-order chi connectivity index (χ1) is 8.92. The lowest BCUT2D eigenvalue weighted by Crippen LogP contribution is -2.35. The van der Waals surface area contributed by atoms with Crippen molar-refractivity contribution in [2.24, 2.45) is 17.8 Å². The minimum Gasteiger partial charge on any atom is -0.460 e. The Morgan fingerprint density at radius 2 is 2.05 bits per heavy atom. The monoisotopic (exact) mass is 260 g/mol. The summed E-state index contributed by atoms with van der Waals surface area (Å²) in [6.45, 7) is 5.86. The van der Waals surface area contributed by atoms with Crippen molar-refractivity contribution < 1.29 is 9.53 Å². The predicted molar refractivity (Wildman–Crippen MR) is 75.6 cm³/mol. The summed E-state index contributed by atoms with van der Waals surface area (Å²) in [7, 11) is 0. The van der Waals surface area contributed by atoms with Crippen molar-refractivity contribution in [3.8, 4) is 0 Å². The molecule has 19 heavy (non-hydrogen) atoms. The molecule has 2 nitrogen and oxygen atoms in total. The Balaban J connectivity index is 1.72. The minimum atomic E-state index is -0.360. The number of ether oxygens (including phenoxy) is 1. The number of rotatable bonds is 1. The molecule has 3 aliphatic rings. The maximum atomic E-state index is 12.3. The van der Waals surface area contributed by atoms with E-state index in [2.05, 4.69) is 12.2 Å². The zero-order valence-corrected chi connectivity index (χ0v) is 12.2. The molecule has 0 N–H and O–H groups in total. The van der Waals surface area contributed by atoms with Gasteiger partial charge in [0.05, 0.1) is 5.92 Å². The Kier molecular flexibility index (Phi) is 3.07. The second-order valence-corrected chi connectivity index (χ2v) is 7.37. The van der Waals surface area contributed by atoms with Gasteiger partial charge in [0.1, 0.15) is 5.60 Å². The normalized spacial score (nSPS) is 33.3. The number of esters is 1. The Hall–Kier alpha value is -1.05. The van der Waals surface area contributed by atoms with Gasteiger partial charge in [-0.1, -0.05) is 17.7 Å². The molecule has 3 rings (SSSR count). The maximum absolute atomic E-state index is 12.3. The fourth-order valence-electron chi connectivity index (χ4n) is 3.97. The molecule has 0 aromatic heterocycles. The van der Waals surface area contributed by atoms with Crippen molar-refractivity contribution in [1.29, 1.82) is 0 Å². The highest BCUT2D eigenvalue weighted by molar-refractivity contribution is 5.73. The number of hydrogen-bond donors (Lipinski definition) is 0. The Labute approximate surface area is 115 Å². The molecule has 0 aromatic rings. The van der Waals surface area contributed by atoms with Gasteiger partial charge in [-0.05, 0) is 70.3 Å². The molecule has 3 atom stereocenters. The van der Waals surface area contributed by atoms with Crippen LogP contribution in [0.1, 0.15) is 52.9 Å². The summed E-state index contributed by atoms with van der Waals surface area (Å²) in [5.74, 6) is 1.45. The number of carbonyl (C=O) groups excluding carboxylic acids is 1. The first-order valence-corrected chi connectivity index (χ1v) is 7.53. The molecule has 0 saturated heterocycles. The van der Waals surface area contributed by atoms with Crippen molar-refractivity contribution in [1.82, 2.24) is 0 Å². The lowest BCUT2D eigenvalue weighted by molar-refractivity contribution is -0.162. The second kappa shape index (κ2) is 4.50. The van der Waals surface area contributed by atoms with E-state index in [4.69, 9.17) is 4.74 Å². The molecular weight excluding hydrogens is 236 g/mol. The first kappa shape index (κ1) is 13.0. The highest BCUT2D eigenvalue weighted by Crippen LogP contribution is 2.48. The van der Waals surface area contributed by atoms with Crippen molar-refractivity contribution in [2.45, 2.75) is 58.5 Å². The summed E-state index contributed by atoms with van der Waals surface area (Å²) < 4.78 is 5.58. The van der Waals surface area contributed by atoms with Crippen LogP contribution in [0.25, 0.3) is 0 Å². The number of carbonyl (C=O) groups is 1. The van der Waals surface area contributed by atoms with E-state index in [1.54, 1.807) is 11.1 Å². The van der Waals surface area contributed by atoms with Crippen molar-refractivity contribution >= 4 is 5.97 Å². The van der Waals surface area contributed by atoms with E-state index in [1.165, 1.54) is 12.8 Å². The van der Waals surface area contributed by atoms with Gasteiger partial charge < -0.3 is 4.74 Å². The minimum absolute atomic E-state index is 0.0215. The molecule has 0 aliphatic heterocycles. The van der Waals surface area contributed by atoms with Gasteiger partial charge in [-0.15, -0.1) is 0 Å². The molecule has 3 unspecified atom stereocenters. The summed E-state index contributed by atoms with van der Waals surface area (Å²) in [6.07, 6.45) is 10.2. The van der Waals surface area contributed by atoms with E-state index in [1.807, 2.05) is 20.8 Å². The van der Waals surface area contributed by atoms with E-state index in [0.717, 1.165) is 19.3 Å².